The molecular formula is C19H26BrN3S. The number of fused-ring (bicyclic) bond motifs is 1. The molecular weight excluding hydrogens is 382 g/mol. The van der Waals surface area contributed by atoms with E-state index in [0.29, 0.717) is 5.41 Å². The number of thiazole rings is 1. The lowest BCUT2D eigenvalue weighted by Crippen LogP contribution is -2.43. The molecule has 0 spiro atoms. The number of halogens is 1. The first-order valence-corrected chi connectivity index (χ1v) is 9.56. The Bertz CT molecular complexity index is 704. The van der Waals surface area contributed by atoms with Gasteiger partial charge in [-0.3, -0.25) is 0 Å². The molecule has 1 saturated heterocycles. The number of aromatic nitrogens is 1. The maximum atomic E-state index is 4.91. The van der Waals surface area contributed by atoms with Crippen molar-refractivity contribution in [1.82, 2.24) is 10.3 Å². The predicted molar refractivity (Wildman–Crippen MR) is 109 cm³/mol. The van der Waals surface area contributed by atoms with Gasteiger partial charge < -0.3 is 10.2 Å². The van der Waals surface area contributed by atoms with Crippen LogP contribution in [0.15, 0.2) is 23.6 Å². The summed E-state index contributed by atoms with van der Waals surface area (Å²) in [7, 11) is 0. The Morgan fingerprint density at radius 2 is 2.00 bits per heavy atom. The minimum absolute atomic E-state index is 0. The molecule has 3 nitrogen and oxygen atoms in total. The van der Waals surface area contributed by atoms with Crippen LogP contribution >= 0.6 is 28.3 Å². The van der Waals surface area contributed by atoms with Crippen molar-refractivity contribution in [2.24, 2.45) is 0 Å². The number of hydrogen-bond donors (Lipinski definition) is 1. The van der Waals surface area contributed by atoms with Crippen molar-refractivity contribution in [2.45, 2.75) is 38.5 Å². The highest BCUT2D eigenvalue weighted by Crippen LogP contribution is 2.38. The van der Waals surface area contributed by atoms with Crippen molar-refractivity contribution in [1.29, 1.82) is 0 Å². The molecule has 0 bridgehead atoms. The highest BCUT2D eigenvalue weighted by molar-refractivity contribution is 8.93. The Morgan fingerprint density at radius 3 is 2.79 bits per heavy atom. The second-order valence-electron chi connectivity index (χ2n) is 7.36. The van der Waals surface area contributed by atoms with Gasteiger partial charge in [-0.2, -0.15) is 0 Å². The van der Waals surface area contributed by atoms with Gasteiger partial charge in [0.05, 0.1) is 5.69 Å². The van der Waals surface area contributed by atoms with Crippen LogP contribution in [0.2, 0.25) is 0 Å². The third kappa shape index (κ3) is 3.39. The zero-order chi connectivity index (χ0) is 15.9. The van der Waals surface area contributed by atoms with Crippen molar-refractivity contribution in [2.75, 3.05) is 31.1 Å². The highest BCUT2D eigenvalue weighted by atomic mass is 79.9. The molecule has 4 rings (SSSR count). The summed E-state index contributed by atoms with van der Waals surface area (Å²) in [5, 5.41) is 6.78. The molecule has 2 heterocycles. The Balaban J connectivity index is 0.00000169. The minimum atomic E-state index is 0. The van der Waals surface area contributed by atoms with E-state index >= 15 is 0 Å². The molecule has 2 aromatic rings. The van der Waals surface area contributed by atoms with Crippen molar-refractivity contribution in [3.05, 3.63) is 34.7 Å². The number of nitrogens with zero attached hydrogens (tertiary/aromatic N) is 2. The van der Waals surface area contributed by atoms with Gasteiger partial charge >= 0.3 is 0 Å². The molecule has 2 aliphatic rings. The van der Waals surface area contributed by atoms with Crippen LogP contribution in [0.5, 0.6) is 0 Å². The van der Waals surface area contributed by atoms with Crippen LogP contribution in [0.1, 0.15) is 37.8 Å². The van der Waals surface area contributed by atoms with Gasteiger partial charge in [0, 0.05) is 37.1 Å². The minimum Gasteiger partial charge on any atom is -0.346 e. The molecule has 5 heteroatoms. The second kappa shape index (κ2) is 7.14. The molecule has 1 fully saturated rings. The van der Waals surface area contributed by atoms with E-state index in [1.54, 1.807) is 11.3 Å². The molecule has 1 aromatic carbocycles. The molecule has 24 heavy (non-hydrogen) atoms. The Kier molecular flexibility index (Phi) is 5.33. The third-order valence-electron chi connectivity index (χ3n) is 5.26. The van der Waals surface area contributed by atoms with E-state index in [-0.39, 0.29) is 17.0 Å². The molecule has 1 aliphatic heterocycles. The predicted octanol–water partition coefficient (Wildman–Crippen LogP) is 4.41. The largest absolute Gasteiger partial charge is 0.346 e. The first kappa shape index (κ1) is 17.9. The Labute approximate surface area is 159 Å². The molecule has 1 aromatic heterocycles. The van der Waals surface area contributed by atoms with Gasteiger partial charge in [0.2, 0.25) is 0 Å². The van der Waals surface area contributed by atoms with Crippen LogP contribution in [-0.4, -0.2) is 31.2 Å². The lowest BCUT2D eigenvalue weighted by atomic mass is 9.72. The molecule has 0 radical (unpaired) electrons. The van der Waals surface area contributed by atoms with Crippen molar-refractivity contribution in [3.8, 4) is 11.3 Å². The van der Waals surface area contributed by atoms with Crippen LogP contribution in [0.3, 0.4) is 0 Å². The summed E-state index contributed by atoms with van der Waals surface area (Å²) >= 11 is 1.78. The van der Waals surface area contributed by atoms with Crippen LogP contribution in [0.4, 0.5) is 5.13 Å². The van der Waals surface area contributed by atoms with Gasteiger partial charge in [-0.25, -0.2) is 4.98 Å². The fraction of sp³-hybridized carbons (Fsp3) is 0.526. The third-order valence-corrected chi connectivity index (χ3v) is 6.16. The lowest BCUT2D eigenvalue weighted by molar-refractivity contribution is 0.432. The zero-order valence-electron chi connectivity index (χ0n) is 14.5. The van der Waals surface area contributed by atoms with Gasteiger partial charge in [0.25, 0.3) is 0 Å². The number of piperazine rings is 1. The monoisotopic (exact) mass is 407 g/mol. The number of anilines is 1. The fourth-order valence-electron chi connectivity index (χ4n) is 3.87. The summed E-state index contributed by atoms with van der Waals surface area (Å²) < 4.78 is 0. The summed E-state index contributed by atoms with van der Waals surface area (Å²) in [6.07, 6.45) is 3.80. The molecule has 1 N–H and O–H groups in total. The summed E-state index contributed by atoms with van der Waals surface area (Å²) in [6.45, 7) is 8.98. The van der Waals surface area contributed by atoms with Crippen molar-refractivity contribution in [3.63, 3.8) is 0 Å². The summed E-state index contributed by atoms with van der Waals surface area (Å²) in [5.41, 5.74) is 5.79. The summed E-state index contributed by atoms with van der Waals surface area (Å²) in [5.74, 6) is 0. The van der Waals surface area contributed by atoms with Gasteiger partial charge in [0.1, 0.15) is 0 Å². The summed E-state index contributed by atoms with van der Waals surface area (Å²) in [4.78, 5) is 7.30. The zero-order valence-corrected chi connectivity index (χ0v) is 17.0. The normalized spacial score (nSPS) is 19.5. The molecule has 0 saturated carbocycles. The first-order valence-electron chi connectivity index (χ1n) is 8.68. The van der Waals surface area contributed by atoms with Crippen molar-refractivity contribution >= 4 is 33.4 Å². The SMILES string of the molecule is Br.CC1(C)CCCc2cc(-c3csc(N4CCNCC4)n3)ccc21. The van der Waals surface area contributed by atoms with E-state index < -0.39 is 0 Å². The number of aryl methyl sites for hydroxylation is 1. The van der Waals surface area contributed by atoms with E-state index in [0.717, 1.165) is 31.9 Å². The molecule has 1 aliphatic carbocycles. The van der Waals surface area contributed by atoms with Crippen molar-refractivity contribution < 1.29 is 0 Å². The van der Waals surface area contributed by atoms with E-state index in [2.05, 4.69) is 47.6 Å². The molecule has 0 atom stereocenters. The van der Waals surface area contributed by atoms with Crippen LogP contribution in [0.25, 0.3) is 11.3 Å². The number of benzene rings is 1. The average Bonchev–Trinajstić information content (AvgIpc) is 3.05. The molecule has 130 valence electrons. The van der Waals surface area contributed by atoms with Crippen LogP contribution in [0, 0.1) is 0 Å². The van der Waals surface area contributed by atoms with E-state index in [1.807, 2.05) is 0 Å². The smallest absolute Gasteiger partial charge is 0.185 e. The summed E-state index contributed by atoms with van der Waals surface area (Å²) in [6, 6.07) is 6.99. The Hall–Kier alpha value is -0.910. The van der Waals surface area contributed by atoms with Gasteiger partial charge in [-0.1, -0.05) is 26.0 Å². The maximum absolute atomic E-state index is 4.91. The van der Waals surface area contributed by atoms with E-state index in [9.17, 15) is 0 Å². The molecule has 0 unspecified atom stereocenters. The quantitative estimate of drug-likeness (QED) is 0.798. The van der Waals surface area contributed by atoms with Crippen LogP contribution in [-0.2, 0) is 11.8 Å². The average molecular weight is 408 g/mol. The number of rotatable bonds is 2. The lowest BCUT2D eigenvalue weighted by Gasteiger charge is -2.32. The maximum Gasteiger partial charge on any atom is 0.185 e. The van der Waals surface area contributed by atoms with Gasteiger partial charge in [-0.15, -0.1) is 28.3 Å². The van der Waals surface area contributed by atoms with Crippen LogP contribution < -0.4 is 10.2 Å². The topological polar surface area (TPSA) is 28.2 Å². The van der Waals surface area contributed by atoms with Gasteiger partial charge in [-0.05, 0) is 41.9 Å². The second-order valence-corrected chi connectivity index (χ2v) is 8.20. The standard InChI is InChI=1S/C19H25N3S.BrH/c1-19(2)7-3-4-14-12-15(5-6-16(14)19)17-13-23-18(21-17)22-10-8-20-9-11-22;/h5-6,12-13,20H,3-4,7-11H2,1-2H3;1H. The fourth-order valence-corrected chi connectivity index (χ4v) is 4.76. The molecule has 0 amide bonds. The van der Waals surface area contributed by atoms with E-state index in [1.165, 1.54) is 41.1 Å². The first-order chi connectivity index (χ1) is 11.1. The Morgan fingerprint density at radius 1 is 1.21 bits per heavy atom. The van der Waals surface area contributed by atoms with Gasteiger partial charge in [0.15, 0.2) is 5.13 Å². The number of hydrogen-bond acceptors (Lipinski definition) is 4. The van der Waals surface area contributed by atoms with E-state index in [4.69, 9.17) is 4.98 Å². The number of nitrogens with one attached hydrogen (secondary N) is 1. The highest BCUT2D eigenvalue weighted by Gasteiger charge is 2.27.